The van der Waals surface area contributed by atoms with Gasteiger partial charge in [-0.15, -0.1) is 11.3 Å². The number of rotatable bonds is 7. The van der Waals surface area contributed by atoms with Crippen molar-refractivity contribution in [3.8, 4) is 5.75 Å². The van der Waals surface area contributed by atoms with E-state index in [2.05, 4.69) is 22.8 Å². The minimum Gasteiger partial charge on any atom is -0.492 e. The second-order valence-electron chi connectivity index (χ2n) is 4.80. The molecule has 0 fully saturated rings. The van der Waals surface area contributed by atoms with Crippen molar-refractivity contribution >= 4 is 22.9 Å². The van der Waals surface area contributed by atoms with Crippen molar-refractivity contribution < 1.29 is 4.74 Å². The number of ether oxygens (including phenoxy) is 1. The van der Waals surface area contributed by atoms with E-state index in [9.17, 15) is 0 Å². The van der Waals surface area contributed by atoms with Gasteiger partial charge in [0.15, 0.2) is 0 Å². The molecule has 1 aromatic heterocycles. The molecule has 1 aromatic carbocycles. The van der Waals surface area contributed by atoms with E-state index in [0.29, 0.717) is 6.61 Å². The van der Waals surface area contributed by atoms with E-state index in [1.54, 1.807) is 11.3 Å². The van der Waals surface area contributed by atoms with Gasteiger partial charge in [-0.2, -0.15) is 0 Å². The Balaban J connectivity index is 1.66. The Morgan fingerprint density at radius 3 is 2.60 bits per heavy atom. The molecule has 108 valence electrons. The van der Waals surface area contributed by atoms with Crippen LogP contribution in [0.4, 0.5) is 0 Å². The van der Waals surface area contributed by atoms with Crippen molar-refractivity contribution in [1.82, 2.24) is 5.32 Å². The number of hydrogen-bond donors (Lipinski definition) is 1. The SMILES string of the molecule is Cc1cc(OCCNCCc2cccs2)cc(C)c1Cl. The van der Waals surface area contributed by atoms with E-state index in [-0.39, 0.29) is 0 Å². The summed E-state index contributed by atoms with van der Waals surface area (Å²) in [7, 11) is 0. The Bertz CT molecular complexity index is 516. The van der Waals surface area contributed by atoms with Gasteiger partial charge < -0.3 is 10.1 Å². The maximum absolute atomic E-state index is 6.13. The fourth-order valence-corrected chi connectivity index (χ4v) is 2.84. The average Bonchev–Trinajstić information content (AvgIpc) is 2.93. The molecular weight excluding hydrogens is 290 g/mol. The lowest BCUT2D eigenvalue weighted by Crippen LogP contribution is -2.23. The lowest BCUT2D eigenvalue weighted by Gasteiger charge is -2.10. The van der Waals surface area contributed by atoms with Gasteiger partial charge in [-0.05, 0) is 55.0 Å². The van der Waals surface area contributed by atoms with Gasteiger partial charge in [0.1, 0.15) is 12.4 Å². The van der Waals surface area contributed by atoms with Crippen LogP contribution in [-0.4, -0.2) is 19.7 Å². The highest BCUT2D eigenvalue weighted by atomic mass is 35.5. The normalized spacial score (nSPS) is 10.8. The first-order valence-electron chi connectivity index (χ1n) is 6.79. The number of hydrogen-bond acceptors (Lipinski definition) is 3. The van der Waals surface area contributed by atoms with E-state index in [4.69, 9.17) is 16.3 Å². The summed E-state index contributed by atoms with van der Waals surface area (Å²) in [5.74, 6) is 0.893. The monoisotopic (exact) mass is 309 g/mol. The molecule has 4 heteroatoms. The van der Waals surface area contributed by atoms with Crippen molar-refractivity contribution in [3.63, 3.8) is 0 Å². The van der Waals surface area contributed by atoms with Gasteiger partial charge in [-0.3, -0.25) is 0 Å². The van der Waals surface area contributed by atoms with Crippen molar-refractivity contribution in [3.05, 3.63) is 50.7 Å². The fraction of sp³-hybridized carbons (Fsp3) is 0.375. The van der Waals surface area contributed by atoms with Crippen LogP contribution in [0.15, 0.2) is 29.6 Å². The molecule has 0 aliphatic rings. The number of halogens is 1. The summed E-state index contributed by atoms with van der Waals surface area (Å²) in [4.78, 5) is 1.42. The van der Waals surface area contributed by atoms with E-state index < -0.39 is 0 Å². The first-order chi connectivity index (χ1) is 9.66. The molecule has 0 spiro atoms. The molecule has 0 saturated carbocycles. The van der Waals surface area contributed by atoms with Crippen LogP contribution >= 0.6 is 22.9 Å². The molecule has 0 bridgehead atoms. The zero-order valence-corrected chi connectivity index (χ0v) is 13.5. The maximum atomic E-state index is 6.13. The number of benzene rings is 1. The van der Waals surface area contributed by atoms with Crippen molar-refractivity contribution in [1.29, 1.82) is 0 Å². The lowest BCUT2D eigenvalue weighted by molar-refractivity contribution is 0.314. The van der Waals surface area contributed by atoms with Crippen LogP contribution in [0.3, 0.4) is 0 Å². The number of thiophene rings is 1. The van der Waals surface area contributed by atoms with Crippen molar-refractivity contribution in [2.75, 3.05) is 19.7 Å². The minimum atomic E-state index is 0.672. The van der Waals surface area contributed by atoms with Gasteiger partial charge in [0.2, 0.25) is 0 Å². The summed E-state index contributed by atoms with van der Waals surface area (Å²) in [6.07, 6.45) is 1.08. The van der Waals surface area contributed by atoms with Gasteiger partial charge in [0, 0.05) is 23.0 Å². The quantitative estimate of drug-likeness (QED) is 0.773. The summed E-state index contributed by atoms with van der Waals surface area (Å²) in [6, 6.07) is 8.23. The van der Waals surface area contributed by atoms with Crippen LogP contribution in [0.1, 0.15) is 16.0 Å². The molecule has 0 radical (unpaired) electrons. The van der Waals surface area contributed by atoms with E-state index in [1.165, 1.54) is 4.88 Å². The average molecular weight is 310 g/mol. The van der Waals surface area contributed by atoms with Gasteiger partial charge >= 0.3 is 0 Å². The fourth-order valence-electron chi connectivity index (χ4n) is 2.02. The Labute approximate surface area is 129 Å². The first kappa shape index (κ1) is 15.4. The van der Waals surface area contributed by atoms with Crippen molar-refractivity contribution in [2.45, 2.75) is 20.3 Å². The van der Waals surface area contributed by atoms with Crippen LogP contribution in [0.5, 0.6) is 5.75 Å². The standard InChI is InChI=1S/C16H20ClNOS/c1-12-10-14(11-13(2)16(12)17)19-8-7-18-6-5-15-4-3-9-20-15/h3-4,9-11,18H,5-8H2,1-2H3. The highest BCUT2D eigenvalue weighted by molar-refractivity contribution is 7.09. The molecular formula is C16H20ClNOS. The largest absolute Gasteiger partial charge is 0.492 e. The van der Waals surface area contributed by atoms with Crippen LogP contribution in [0.25, 0.3) is 0 Å². The third-order valence-electron chi connectivity index (χ3n) is 3.09. The maximum Gasteiger partial charge on any atom is 0.119 e. The van der Waals surface area contributed by atoms with Crippen molar-refractivity contribution in [2.24, 2.45) is 0 Å². The van der Waals surface area contributed by atoms with Crippen LogP contribution in [0.2, 0.25) is 5.02 Å². The summed E-state index contributed by atoms with van der Waals surface area (Å²) in [5.41, 5.74) is 2.12. The Morgan fingerprint density at radius 2 is 1.95 bits per heavy atom. The summed E-state index contributed by atoms with van der Waals surface area (Å²) < 4.78 is 5.74. The second kappa shape index (κ2) is 7.67. The molecule has 2 aromatic rings. The van der Waals surface area contributed by atoms with Gasteiger partial charge in [-0.1, -0.05) is 17.7 Å². The number of nitrogens with one attached hydrogen (secondary N) is 1. The highest BCUT2D eigenvalue weighted by Gasteiger charge is 2.03. The van der Waals surface area contributed by atoms with E-state index >= 15 is 0 Å². The molecule has 0 aliphatic heterocycles. The Morgan fingerprint density at radius 1 is 1.20 bits per heavy atom. The molecule has 1 heterocycles. The third-order valence-corrected chi connectivity index (χ3v) is 4.62. The van der Waals surface area contributed by atoms with Crippen LogP contribution in [-0.2, 0) is 6.42 Å². The zero-order valence-electron chi connectivity index (χ0n) is 11.9. The first-order valence-corrected chi connectivity index (χ1v) is 8.05. The molecule has 0 saturated heterocycles. The van der Waals surface area contributed by atoms with E-state index in [0.717, 1.165) is 41.4 Å². The van der Waals surface area contributed by atoms with Gasteiger partial charge in [0.25, 0.3) is 0 Å². The third kappa shape index (κ3) is 4.51. The molecule has 0 aliphatic carbocycles. The predicted octanol–water partition coefficient (Wildman–Crippen LogP) is 4.23. The molecule has 0 atom stereocenters. The lowest BCUT2D eigenvalue weighted by atomic mass is 10.1. The number of aryl methyl sites for hydroxylation is 2. The highest BCUT2D eigenvalue weighted by Crippen LogP contribution is 2.25. The predicted molar refractivity (Wildman–Crippen MR) is 87.3 cm³/mol. The van der Waals surface area contributed by atoms with Crippen LogP contribution < -0.4 is 10.1 Å². The molecule has 2 rings (SSSR count). The molecule has 2 nitrogen and oxygen atoms in total. The Kier molecular flexibility index (Phi) is 5.89. The second-order valence-corrected chi connectivity index (χ2v) is 6.21. The van der Waals surface area contributed by atoms with Gasteiger partial charge in [0.05, 0.1) is 0 Å². The molecule has 1 N–H and O–H groups in total. The summed E-state index contributed by atoms with van der Waals surface area (Å²) in [5, 5.41) is 6.33. The smallest absolute Gasteiger partial charge is 0.119 e. The zero-order chi connectivity index (χ0) is 14.4. The van der Waals surface area contributed by atoms with Crippen LogP contribution in [0, 0.1) is 13.8 Å². The summed E-state index contributed by atoms with van der Waals surface area (Å²) >= 11 is 7.94. The molecule has 20 heavy (non-hydrogen) atoms. The molecule has 0 amide bonds. The topological polar surface area (TPSA) is 21.3 Å². The minimum absolute atomic E-state index is 0.672. The van der Waals surface area contributed by atoms with E-state index in [1.807, 2.05) is 26.0 Å². The Hall–Kier alpha value is -1.03. The molecule has 0 unspecified atom stereocenters. The van der Waals surface area contributed by atoms with Gasteiger partial charge in [-0.25, -0.2) is 0 Å². The summed E-state index contributed by atoms with van der Waals surface area (Å²) in [6.45, 7) is 6.52.